The number of nitrogens with one attached hydrogen (secondary N) is 1. The van der Waals surface area contributed by atoms with Crippen molar-refractivity contribution in [1.82, 2.24) is 14.9 Å². The molecule has 0 saturated carbocycles. The number of ether oxygens (including phenoxy) is 1. The maximum absolute atomic E-state index is 13.0. The predicted molar refractivity (Wildman–Crippen MR) is 111 cm³/mol. The van der Waals surface area contributed by atoms with Crippen LogP contribution in [0.5, 0.6) is 5.75 Å². The van der Waals surface area contributed by atoms with Crippen molar-refractivity contribution in [3.05, 3.63) is 59.9 Å². The molecule has 146 valence electrons. The molecule has 1 atom stereocenters. The third-order valence-electron chi connectivity index (χ3n) is 5.19. The lowest BCUT2D eigenvalue weighted by Crippen LogP contribution is -2.39. The number of H-pyrrole nitrogens is 1. The van der Waals surface area contributed by atoms with Gasteiger partial charge < -0.3 is 14.6 Å². The number of amides is 1. The highest BCUT2D eigenvalue weighted by molar-refractivity contribution is 5.94. The third kappa shape index (κ3) is 4.03. The van der Waals surface area contributed by atoms with Crippen LogP contribution in [0.25, 0.3) is 11.0 Å². The molecule has 1 N–H and O–H groups in total. The largest absolute Gasteiger partial charge is 0.493 e. The number of aromatic amines is 1. The molecule has 1 aromatic heterocycles. The second kappa shape index (κ2) is 8.05. The standard InChI is InChI=1S/C23H27N3O2/c1-16(2)15-28-19-11-9-17(10-12-19)23(27)26-13-5-6-18(14-26)22-24-20-7-3-4-8-21(20)25-22/h3-4,7-12,16,18H,5-6,13-15H2,1-2H3,(H,24,25)/t18-/m1/s1. The van der Waals surface area contributed by atoms with Gasteiger partial charge in [-0.05, 0) is 55.2 Å². The van der Waals surface area contributed by atoms with Crippen molar-refractivity contribution in [2.45, 2.75) is 32.6 Å². The minimum Gasteiger partial charge on any atom is -0.493 e. The number of hydrogen-bond donors (Lipinski definition) is 1. The Bertz CT molecular complexity index is 913. The molecule has 0 radical (unpaired) electrons. The van der Waals surface area contributed by atoms with Crippen molar-refractivity contribution in [2.24, 2.45) is 5.92 Å². The van der Waals surface area contributed by atoms with E-state index < -0.39 is 0 Å². The van der Waals surface area contributed by atoms with Gasteiger partial charge in [0.05, 0.1) is 17.6 Å². The Hall–Kier alpha value is -2.82. The van der Waals surface area contributed by atoms with Crippen molar-refractivity contribution in [3.63, 3.8) is 0 Å². The lowest BCUT2D eigenvalue weighted by molar-refractivity contribution is 0.0705. The summed E-state index contributed by atoms with van der Waals surface area (Å²) in [6.07, 6.45) is 2.04. The van der Waals surface area contributed by atoms with E-state index in [1.807, 2.05) is 53.4 Å². The quantitative estimate of drug-likeness (QED) is 0.706. The van der Waals surface area contributed by atoms with Crippen molar-refractivity contribution >= 4 is 16.9 Å². The van der Waals surface area contributed by atoms with Crippen LogP contribution in [0, 0.1) is 5.92 Å². The molecule has 0 aliphatic carbocycles. The van der Waals surface area contributed by atoms with Crippen LogP contribution < -0.4 is 4.74 Å². The zero-order chi connectivity index (χ0) is 19.5. The number of benzene rings is 2. The summed E-state index contributed by atoms with van der Waals surface area (Å²) in [5, 5.41) is 0. The summed E-state index contributed by atoms with van der Waals surface area (Å²) in [5.41, 5.74) is 2.75. The van der Waals surface area contributed by atoms with Gasteiger partial charge >= 0.3 is 0 Å². The fourth-order valence-corrected chi connectivity index (χ4v) is 3.69. The van der Waals surface area contributed by atoms with E-state index in [4.69, 9.17) is 9.72 Å². The van der Waals surface area contributed by atoms with Gasteiger partial charge in [0.15, 0.2) is 0 Å². The summed E-state index contributed by atoms with van der Waals surface area (Å²) >= 11 is 0. The highest BCUT2D eigenvalue weighted by Crippen LogP contribution is 2.28. The van der Waals surface area contributed by atoms with Crippen LogP contribution in [0.15, 0.2) is 48.5 Å². The minimum absolute atomic E-state index is 0.0798. The number of carbonyl (C=O) groups excluding carboxylic acids is 1. The normalized spacial score (nSPS) is 17.2. The Balaban J connectivity index is 1.44. The number of likely N-dealkylation sites (tertiary alicyclic amines) is 1. The first kappa shape index (κ1) is 18.5. The molecule has 0 spiro atoms. The Morgan fingerprint density at radius 1 is 1.21 bits per heavy atom. The van der Waals surface area contributed by atoms with E-state index in [1.165, 1.54) is 0 Å². The molecule has 28 heavy (non-hydrogen) atoms. The van der Waals surface area contributed by atoms with E-state index in [1.54, 1.807) is 0 Å². The molecule has 3 aromatic rings. The number of fused-ring (bicyclic) bond motifs is 1. The smallest absolute Gasteiger partial charge is 0.253 e. The molecule has 2 aromatic carbocycles. The van der Waals surface area contributed by atoms with Crippen molar-refractivity contribution in [1.29, 1.82) is 0 Å². The fourth-order valence-electron chi connectivity index (χ4n) is 3.69. The van der Waals surface area contributed by atoms with E-state index in [0.29, 0.717) is 24.6 Å². The van der Waals surface area contributed by atoms with Gasteiger partial charge in [0.25, 0.3) is 5.91 Å². The number of carbonyl (C=O) groups is 1. The number of hydrogen-bond acceptors (Lipinski definition) is 3. The van der Waals surface area contributed by atoms with Gasteiger partial charge in [0.2, 0.25) is 0 Å². The van der Waals surface area contributed by atoms with E-state index in [2.05, 4.69) is 18.8 Å². The summed E-state index contributed by atoms with van der Waals surface area (Å²) in [4.78, 5) is 23.1. The van der Waals surface area contributed by atoms with E-state index in [9.17, 15) is 4.79 Å². The molecule has 2 heterocycles. The summed E-state index contributed by atoms with van der Waals surface area (Å²) < 4.78 is 5.71. The Morgan fingerprint density at radius 2 is 2.00 bits per heavy atom. The van der Waals surface area contributed by atoms with Gasteiger partial charge in [0.1, 0.15) is 11.6 Å². The molecule has 1 amide bonds. The number of aromatic nitrogens is 2. The molecule has 5 nitrogen and oxygen atoms in total. The zero-order valence-corrected chi connectivity index (χ0v) is 16.5. The molecule has 1 fully saturated rings. The summed E-state index contributed by atoms with van der Waals surface area (Å²) in [7, 11) is 0. The maximum atomic E-state index is 13.0. The zero-order valence-electron chi connectivity index (χ0n) is 16.5. The van der Waals surface area contributed by atoms with Gasteiger partial charge in [-0.15, -0.1) is 0 Å². The van der Waals surface area contributed by atoms with Crippen LogP contribution in [0.3, 0.4) is 0 Å². The lowest BCUT2D eigenvalue weighted by Gasteiger charge is -2.32. The first-order valence-corrected chi connectivity index (χ1v) is 10.1. The van der Waals surface area contributed by atoms with Crippen LogP contribution in [0.4, 0.5) is 0 Å². The van der Waals surface area contributed by atoms with Crippen LogP contribution in [-0.4, -0.2) is 40.5 Å². The molecule has 5 heteroatoms. The molecular weight excluding hydrogens is 350 g/mol. The number of rotatable bonds is 5. The van der Waals surface area contributed by atoms with Crippen LogP contribution in [-0.2, 0) is 0 Å². The molecule has 1 saturated heterocycles. The first-order chi connectivity index (χ1) is 13.6. The Labute approximate surface area is 165 Å². The monoisotopic (exact) mass is 377 g/mol. The molecule has 1 aliphatic rings. The van der Waals surface area contributed by atoms with Gasteiger partial charge in [-0.25, -0.2) is 4.98 Å². The number of imidazole rings is 1. The average molecular weight is 377 g/mol. The number of nitrogens with zero attached hydrogens (tertiary/aromatic N) is 2. The Morgan fingerprint density at radius 3 is 2.75 bits per heavy atom. The van der Waals surface area contributed by atoms with Crippen LogP contribution in [0.1, 0.15) is 48.8 Å². The molecule has 4 rings (SSSR count). The predicted octanol–water partition coefficient (Wildman–Crippen LogP) is 4.62. The van der Waals surface area contributed by atoms with E-state index in [-0.39, 0.29) is 11.8 Å². The second-order valence-corrected chi connectivity index (χ2v) is 7.96. The maximum Gasteiger partial charge on any atom is 0.253 e. The molecule has 0 unspecified atom stereocenters. The van der Waals surface area contributed by atoms with Crippen molar-refractivity contribution < 1.29 is 9.53 Å². The average Bonchev–Trinajstić information content (AvgIpc) is 3.16. The molecule has 0 bridgehead atoms. The minimum atomic E-state index is 0.0798. The van der Waals surface area contributed by atoms with Crippen LogP contribution in [0.2, 0.25) is 0 Å². The first-order valence-electron chi connectivity index (χ1n) is 10.1. The summed E-state index contributed by atoms with van der Waals surface area (Å²) in [6.45, 7) is 6.41. The Kier molecular flexibility index (Phi) is 5.33. The summed E-state index contributed by atoms with van der Waals surface area (Å²) in [5.74, 6) is 2.60. The second-order valence-electron chi connectivity index (χ2n) is 7.96. The van der Waals surface area contributed by atoms with E-state index in [0.717, 1.165) is 42.0 Å². The lowest BCUT2D eigenvalue weighted by atomic mass is 9.96. The summed E-state index contributed by atoms with van der Waals surface area (Å²) in [6, 6.07) is 15.6. The van der Waals surface area contributed by atoms with E-state index >= 15 is 0 Å². The fraction of sp³-hybridized carbons (Fsp3) is 0.391. The SMILES string of the molecule is CC(C)COc1ccc(C(=O)N2CCC[C@@H](c3nc4ccccc4[nH]3)C2)cc1. The van der Waals surface area contributed by atoms with Gasteiger partial charge in [-0.3, -0.25) is 4.79 Å². The number of piperidine rings is 1. The molecule has 1 aliphatic heterocycles. The number of para-hydroxylation sites is 2. The molecular formula is C23H27N3O2. The van der Waals surface area contributed by atoms with Gasteiger partial charge in [-0.2, -0.15) is 0 Å². The van der Waals surface area contributed by atoms with Crippen LogP contribution >= 0.6 is 0 Å². The van der Waals surface area contributed by atoms with Gasteiger partial charge in [-0.1, -0.05) is 26.0 Å². The third-order valence-corrected chi connectivity index (χ3v) is 5.19. The topological polar surface area (TPSA) is 58.2 Å². The highest BCUT2D eigenvalue weighted by Gasteiger charge is 2.27. The van der Waals surface area contributed by atoms with Crippen molar-refractivity contribution in [2.75, 3.05) is 19.7 Å². The van der Waals surface area contributed by atoms with Crippen molar-refractivity contribution in [3.8, 4) is 5.75 Å². The van der Waals surface area contributed by atoms with Gasteiger partial charge in [0, 0.05) is 24.6 Å². The highest BCUT2D eigenvalue weighted by atomic mass is 16.5.